The normalized spacial score (nSPS) is 13.3. The zero-order valence-electron chi connectivity index (χ0n) is 8.49. The fourth-order valence-corrected chi connectivity index (χ4v) is 1.22. The lowest BCUT2D eigenvalue weighted by molar-refractivity contribution is 0.501. The van der Waals surface area contributed by atoms with Crippen LogP contribution in [0.2, 0.25) is 0 Å². The molecule has 0 aromatic carbocycles. The Balaban J connectivity index is 2.66. The lowest BCUT2D eigenvalue weighted by atomic mass is 10.0. The molecule has 0 spiro atoms. The van der Waals surface area contributed by atoms with Crippen LogP contribution >= 0.6 is 0 Å². The summed E-state index contributed by atoms with van der Waals surface area (Å²) in [7, 11) is 0. The zero-order valence-corrected chi connectivity index (χ0v) is 8.49. The summed E-state index contributed by atoms with van der Waals surface area (Å²) in [6.07, 6.45) is 4.48. The van der Waals surface area contributed by atoms with Crippen LogP contribution in [0.5, 0.6) is 0 Å². The van der Waals surface area contributed by atoms with Gasteiger partial charge in [0.2, 0.25) is 0 Å². The molecular weight excluding hydrogens is 162 g/mol. The van der Waals surface area contributed by atoms with Crippen molar-refractivity contribution in [2.24, 2.45) is 11.7 Å². The van der Waals surface area contributed by atoms with E-state index in [4.69, 9.17) is 5.73 Å². The van der Waals surface area contributed by atoms with Crippen LogP contribution in [0, 0.1) is 12.8 Å². The molecule has 0 saturated heterocycles. The molecule has 1 heterocycles. The Bertz CT molecular complexity index is 253. The van der Waals surface area contributed by atoms with Crippen molar-refractivity contribution in [1.82, 2.24) is 9.97 Å². The molecule has 1 aromatic heterocycles. The average molecular weight is 179 g/mol. The van der Waals surface area contributed by atoms with E-state index in [1.54, 1.807) is 12.4 Å². The van der Waals surface area contributed by atoms with Crippen molar-refractivity contribution in [3.63, 3.8) is 0 Å². The highest BCUT2D eigenvalue weighted by Gasteiger charge is 2.09. The van der Waals surface area contributed by atoms with Gasteiger partial charge in [-0.1, -0.05) is 13.8 Å². The first-order chi connectivity index (χ1) is 6.09. The highest BCUT2D eigenvalue weighted by molar-refractivity contribution is 5.04. The first-order valence-corrected chi connectivity index (χ1v) is 4.63. The van der Waals surface area contributed by atoms with E-state index in [2.05, 4.69) is 23.8 Å². The van der Waals surface area contributed by atoms with Gasteiger partial charge in [0.15, 0.2) is 0 Å². The number of aryl methyl sites for hydroxylation is 1. The van der Waals surface area contributed by atoms with Crippen LogP contribution in [-0.4, -0.2) is 9.97 Å². The molecular formula is C10H17N3. The van der Waals surface area contributed by atoms with Crippen molar-refractivity contribution in [2.75, 3.05) is 0 Å². The van der Waals surface area contributed by atoms with Gasteiger partial charge in [-0.25, -0.2) is 0 Å². The minimum Gasteiger partial charge on any atom is -0.323 e. The van der Waals surface area contributed by atoms with Gasteiger partial charge in [-0.3, -0.25) is 9.97 Å². The largest absolute Gasteiger partial charge is 0.323 e. The quantitative estimate of drug-likeness (QED) is 0.770. The third kappa shape index (κ3) is 3.11. The Labute approximate surface area is 79.4 Å². The van der Waals surface area contributed by atoms with Crippen molar-refractivity contribution in [3.05, 3.63) is 23.8 Å². The van der Waals surface area contributed by atoms with Crippen LogP contribution in [0.25, 0.3) is 0 Å². The van der Waals surface area contributed by atoms with E-state index >= 15 is 0 Å². The summed E-state index contributed by atoms with van der Waals surface area (Å²) in [5.74, 6) is 0.595. The van der Waals surface area contributed by atoms with Crippen molar-refractivity contribution in [3.8, 4) is 0 Å². The molecule has 1 rings (SSSR count). The van der Waals surface area contributed by atoms with Crippen LogP contribution in [0.15, 0.2) is 12.4 Å². The first kappa shape index (κ1) is 10.1. The maximum absolute atomic E-state index is 5.94. The first-order valence-electron chi connectivity index (χ1n) is 4.63. The van der Waals surface area contributed by atoms with E-state index in [-0.39, 0.29) is 6.04 Å². The van der Waals surface area contributed by atoms with Crippen molar-refractivity contribution >= 4 is 0 Å². The summed E-state index contributed by atoms with van der Waals surface area (Å²) in [6.45, 7) is 6.23. The summed E-state index contributed by atoms with van der Waals surface area (Å²) in [5, 5.41) is 0. The molecule has 3 nitrogen and oxygen atoms in total. The topological polar surface area (TPSA) is 51.8 Å². The van der Waals surface area contributed by atoms with Crippen molar-refractivity contribution in [2.45, 2.75) is 33.2 Å². The lowest BCUT2D eigenvalue weighted by Gasteiger charge is -2.12. The molecule has 13 heavy (non-hydrogen) atoms. The molecule has 1 unspecified atom stereocenters. The lowest BCUT2D eigenvalue weighted by Crippen LogP contribution is -2.14. The molecule has 72 valence electrons. The van der Waals surface area contributed by atoms with Gasteiger partial charge < -0.3 is 5.73 Å². The molecule has 0 aliphatic carbocycles. The second-order valence-electron chi connectivity index (χ2n) is 3.82. The number of nitrogens with zero attached hydrogens (tertiary/aromatic N) is 2. The minimum atomic E-state index is 0.0214. The number of hydrogen-bond donors (Lipinski definition) is 1. The number of nitrogens with two attached hydrogens (primary N) is 1. The number of hydrogen-bond acceptors (Lipinski definition) is 3. The Morgan fingerprint density at radius 2 is 2.00 bits per heavy atom. The molecule has 1 aromatic rings. The Hall–Kier alpha value is -0.960. The monoisotopic (exact) mass is 179 g/mol. The molecule has 0 saturated carbocycles. The average Bonchev–Trinajstić information content (AvgIpc) is 2.04. The Morgan fingerprint density at radius 1 is 1.31 bits per heavy atom. The van der Waals surface area contributed by atoms with E-state index in [9.17, 15) is 0 Å². The molecule has 0 aliphatic heterocycles. The summed E-state index contributed by atoms with van der Waals surface area (Å²) in [4.78, 5) is 8.41. The molecule has 0 fully saturated rings. The van der Waals surface area contributed by atoms with Gasteiger partial charge >= 0.3 is 0 Å². The van der Waals surface area contributed by atoms with Gasteiger partial charge in [0.05, 0.1) is 17.6 Å². The Morgan fingerprint density at radius 3 is 2.46 bits per heavy atom. The molecule has 0 radical (unpaired) electrons. The molecule has 1 atom stereocenters. The fraction of sp³-hybridized carbons (Fsp3) is 0.600. The zero-order chi connectivity index (χ0) is 9.84. The number of aromatic nitrogens is 2. The van der Waals surface area contributed by atoms with E-state index in [0.717, 1.165) is 17.8 Å². The maximum atomic E-state index is 5.94. The van der Waals surface area contributed by atoms with Crippen molar-refractivity contribution < 1.29 is 0 Å². The van der Waals surface area contributed by atoms with Gasteiger partial charge in [-0.15, -0.1) is 0 Å². The molecule has 0 bridgehead atoms. The van der Waals surface area contributed by atoms with E-state index in [1.807, 2.05) is 6.92 Å². The maximum Gasteiger partial charge on any atom is 0.0754 e. The Kier molecular flexibility index (Phi) is 3.37. The van der Waals surface area contributed by atoms with Gasteiger partial charge in [0, 0.05) is 12.2 Å². The third-order valence-electron chi connectivity index (χ3n) is 1.91. The second-order valence-corrected chi connectivity index (χ2v) is 3.82. The van der Waals surface area contributed by atoms with Crippen LogP contribution in [-0.2, 0) is 0 Å². The van der Waals surface area contributed by atoms with Gasteiger partial charge in [0.1, 0.15) is 0 Å². The van der Waals surface area contributed by atoms with E-state index in [1.165, 1.54) is 0 Å². The van der Waals surface area contributed by atoms with Gasteiger partial charge in [0.25, 0.3) is 0 Å². The summed E-state index contributed by atoms with van der Waals surface area (Å²) >= 11 is 0. The van der Waals surface area contributed by atoms with E-state index in [0.29, 0.717) is 5.92 Å². The fourth-order valence-electron chi connectivity index (χ4n) is 1.22. The smallest absolute Gasteiger partial charge is 0.0754 e. The third-order valence-corrected chi connectivity index (χ3v) is 1.91. The highest BCUT2D eigenvalue weighted by atomic mass is 14.8. The second kappa shape index (κ2) is 4.33. The van der Waals surface area contributed by atoms with Crippen LogP contribution in [0.3, 0.4) is 0 Å². The molecule has 2 N–H and O–H groups in total. The number of rotatable bonds is 3. The molecule has 0 amide bonds. The van der Waals surface area contributed by atoms with Crippen LogP contribution < -0.4 is 5.73 Å². The SMILES string of the molecule is Cc1cnc(C(N)CC(C)C)cn1. The predicted octanol–water partition coefficient (Wildman–Crippen LogP) is 1.83. The van der Waals surface area contributed by atoms with Gasteiger partial charge in [-0.2, -0.15) is 0 Å². The van der Waals surface area contributed by atoms with Gasteiger partial charge in [-0.05, 0) is 19.3 Å². The molecule has 0 aliphatic rings. The summed E-state index contributed by atoms with van der Waals surface area (Å²) in [5.41, 5.74) is 7.76. The predicted molar refractivity (Wildman–Crippen MR) is 53.2 cm³/mol. The molecule has 3 heteroatoms. The van der Waals surface area contributed by atoms with Crippen LogP contribution in [0.4, 0.5) is 0 Å². The van der Waals surface area contributed by atoms with Crippen molar-refractivity contribution in [1.29, 1.82) is 0 Å². The van der Waals surface area contributed by atoms with Crippen LogP contribution in [0.1, 0.15) is 37.7 Å². The van der Waals surface area contributed by atoms with E-state index < -0.39 is 0 Å². The summed E-state index contributed by atoms with van der Waals surface area (Å²) in [6, 6.07) is 0.0214. The highest BCUT2D eigenvalue weighted by Crippen LogP contribution is 2.15. The standard InChI is InChI=1S/C10H17N3/c1-7(2)4-9(11)10-6-12-8(3)5-13-10/h5-7,9H,4,11H2,1-3H3. The summed E-state index contributed by atoms with van der Waals surface area (Å²) < 4.78 is 0. The minimum absolute atomic E-state index is 0.0214.